The number of benzene rings is 3. The Labute approximate surface area is 205 Å². The number of piperazine rings is 1. The molecule has 1 amide bonds. The SMILES string of the molecule is C[C@@H]1CN(C(=O)COc2ccc(Cl)cc2Cc2ccccc2)[C@@H](C)CN1Cc1ccc(F)cc1. The number of nitrogens with zero attached hydrogens (tertiary/aromatic N) is 2. The Kier molecular flexibility index (Phi) is 7.86. The molecule has 1 saturated heterocycles. The molecule has 1 fully saturated rings. The first kappa shape index (κ1) is 24.2. The van der Waals surface area contributed by atoms with Crippen LogP contribution in [0.1, 0.15) is 30.5 Å². The Morgan fingerprint density at radius 1 is 0.971 bits per heavy atom. The lowest BCUT2D eigenvalue weighted by atomic mass is 10.0. The molecule has 0 aliphatic carbocycles. The molecule has 0 unspecified atom stereocenters. The molecule has 3 aromatic rings. The maximum atomic E-state index is 13.2. The normalized spacial score (nSPS) is 18.6. The summed E-state index contributed by atoms with van der Waals surface area (Å²) >= 11 is 6.23. The Balaban J connectivity index is 1.36. The molecule has 0 bridgehead atoms. The maximum absolute atomic E-state index is 13.2. The van der Waals surface area contributed by atoms with E-state index in [1.807, 2.05) is 47.4 Å². The number of carbonyl (C=O) groups is 1. The van der Waals surface area contributed by atoms with Gasteiger partial charge in [0.05, 0.1) is 0 Å². The van der Waals surface area contributed by atoms with Crippen molar-refractivity contribution in [1.82, 2.24) is 9.80 Å². The predicted molar refractivity (Wildman–Crippen MR) is 134 cm³/mol. The van der Waals surface area contributed by atoms with Crippen LogP contribution in [0.2, 0.25) is 5.02 Å². The number of halogens is 2. The summed E-state index contributed by atoms with van der Waals surface area (Å²) < 4.78 is 19.2. The van der Waals surface area contributed by atoms with Crippen LogP contribution in [0.4, 0.5) is 4.39 Å². The lowest BCUT2D eigenvalue weighted by Crippen LogP contribution is -2.58. The first-order chi connectivity index (χ1) is 16.4. The van der Waals surface area contributed by atoms with Gasteiger partial charge in [0.15, 0.2) is 6.61 Å². The molecule has 34 heavy (non-hydrogen) atoms. The fraction of sp³-hybridized carbons (Fsp3) is 0.321. The highest BCUT2D eigenvalue weighted by Gasteiger charge is 2.32. The van der Waals surface area contributed by atoms with Crippen molar-refractivity contribution in [3.05, 3.63) is 100 Å². The van der Waals surface area contributed by atoms with Gasteiger partial charge >= 0.3 is 0 Å². The Bertz CT molecular complexity index is 1110. The number of amides is 1. The van der Waals surface area contributed by atoms with Gasteiger partial charge in [-0.3, -0.25) is 9.69 Å². The lowest BCUT2D eigenvalue weighted by molar-refractivity contribution is -0.139. The molecule has 6 heteroatoms. The summed E-state index contributed by atoms with van der Waals surface area (Å²) in [5.41, 5.74) is 3.18. The van der Waals surface area contributed by atoms with Crippen molar-refractivity contribution >= 4 is 17.5 Å². The summed E-state index contributed by atoms with van der Waals surface area (Å²) in [7, 11) is 0. The van der Waals surface area contributed by atoms with Gasteiger partial charge in [-0.2, -0.15) is 0 Å². The van der Waals surface area contributed by atoms with E-state index in [0.717, 1.165) is 29.8 Å². The molecule has 0 spiro atoms. The average Bonchev–Trinajstić information content (AvgIpc) is 2.82. The molecule has 4 nitrogen and oxygen atoms in total. The van der Waals surface area contributed by atoms with Crippen LogP contribution in [-0.2, 0) is 17.8 Å². The second-order valence-electron chi connectivity index (χ2n) is 9.00. The molecule has 1 heterocycles. The van der Waals surface area contributed by atoms with Crippen molar-refractivity contribution in [2.24, 2.45) is 0 Å². The van der Waals surface area contributed by atoms with Crippen LogP contribution < -0.4 is 4.74 Å². The fourth-order valence-corrected chi connectivity index (χ4v) is 4.65. The second-order valence-corrected chi connectivity index (χ2v) is 9.44. The number of carbonyl (C=O) groups excluding carboxylic acids is 1. The maximum Gasteiger partial charge on any atom is 0.260 e. The third-order valence-electron chi connectivity index (χ3n) is 6.35. The summed E-state index contributed by atoms with van der Waals surface area (Å²) in [4.78, 5) is 17.3. The molecule has 0 N–H and O–H groups in total. The van der Waals surface area contributed by atoms with E-state index in [2.05, 4.69) is 30.9 Å². The molecule has 1 aliphatic heterocycles. The average molecular weight is 481 g/mol. The number of rotatable bonds is 7. The zero-order chi connectivity index (χ0) is 24.1. The smallest absolute Gasteiger partial charge is 0.260 e. The van der Waals surface area contributed by atoms with E-state index in [1.165, 1.54) is 12.1 Å². The first-order valence-electron chi connectivity index (χ1n) is 11.6. The minimum atomic E-state index is -0.229. The molecule has 178 valence electrons. The summed E-state index contributed by atoms with van der Waals surface area (Å²) in [6.45, 7) is 6.28. The van der Waals surface area contributed by atoms with Gasteiger partial charge in [-0.05, 0) is 60.9 Å². The molecule has 0 aromatic heterocycles. The molecule has 0 radical (unpaired) electrons. The largest absolute Gasteiger partial charge is 0.483 e. The van der Waals surface area contributed by atoms with E-state index in [9.17, 15) is 9.18 Å². The summed E-state index contributed by atoms with van der Waals surface area (Å²) in [5, 5.41) is 0.643. The van der Waals surface area contributed by atoms with Crippen LogP contribution in [0.3, 0.4) is 0 Å². The molecule has 0 saturated carbocycles. The van der Waals surface area contributed by atoms with E-state index in [-0.39, 0.29) is 30.4 Å². The van der Waals surface area contributed by atoms with Crippen molar-refractivity contribution in [2.75, 3.05) is 19.7 Å². The standard InChI is InChI=1S/C28H30ClFN2O2/c1-20-17-32(21(2)16-31(20)18-23-8-11-26(30)12-9-23)28(33)19-34-27-13-10-25(29)15-24(27)14-22-6-4-3-5-7-22/h3-13,15,20-21H,14,16-19H2,1-2H3/t20-,21+/m1/s1. The topological polar surface area (TPSA) is 32.8 Å². The van der Waals surface area contributed by atoms with Gasteiger partial charge in [-0.25, -0.2) is 4.39 Å². The van der Waals surface area contributed by atoms with Gasteiger partial charge in [0.1, 0.15) is 11.6 Å². The quantitative estimate of drug-likeness (QED) is 0.443. The molecule has 2 atom stereocenters. The molecule has 4 rings (SSSR count). The van der Waals surface area contributed by atoms with E-state index in [4.69, 9.17) is 16.3 Å². The van der Waals surface area contributed by atoms with E-state index in [1.54, 1.807) is 6.07 Å². The van der Waals surface area contributed by atoms with E-state index >= 15 is 0 Å². The van der Waals surface area contributed by atoms with Crippen molar-refractivity contribution in [3.8, 4) is 5.75 Å². The van der Waals surface area contributed by atoms with Crippen molar-refractivity contribution in [1.29, 1.82) is 0 Å². The minimum absolute atomic E-state index is 0.0154. The first-order valence-corrected chi connectivity index (χ1v) is 12.0. The Morgan fingerprint density at radius 3 is 2.44 bits per heavy atom. The highest BCUT2D eigenvalue weighted by molar-refractivity contribution is 6.30. The summed E-state index contributed by atoms with van der Waals surface area (Å²) in [6.07, 6.45) is 0.681. The van der Waals surface area contributed by atoms with E-state index in [0.29, 0.717) is 23.7 Å². The van der Waals surface area contributed by atoms with Gasteiger partial charge in [0, 0.05) is 43.2 Å². The summed E-state index contributed by atoms with van der Waals surface area (Å²) in [5.74, 6) is 0.423. The number of hydrogen-bond donors (Lipinski definition) is 0. The van der Waals surface area contributed by atoms with Crippen molar-refractivity contribution in [3.63, 3.8) is 0 Å². The van der Waals surface area contributed by atoms with Crippen LogP contribution in [-0.4, -0.2) is 47.5 Å². The van der Waals surface area contributed by atoms with Gasteiger partial charge < -0.3 is 9.64 Å². The molecule has 1 aliphatic rings. The second kappa shape index (κ2) is 11.0. The highest BCUT2D eigenvalue weighted by atomic mass is 35.5. The predicted octanol–water partition coefficient (Wildman–Crippen LogP) is 5.57. The van der Waals surface area contributed by atoms with Crippen LogP contribution in [0.25, 0.3) is 0 Å². The zero-order valence-corrected chi connectivity index (χ0v) is 20.3. The van der Waals surface area contributed by atoms with Gasteiger partial charge in [0.25, 0.3) is 5.91 Å². The number of hydrogen-bond acceptors (Lipinski definition) is 3. The van der Waals surface area contributed by atoms with Gasteiger partial charge in [0.2, 0.25) is 0 Å². The van der Waals surface area contributed by atoms with Crippen LogP contribution in [0.15, 0.2) is 72.8 Å². The van der Waals surface area contributed by atoms with E-state index < -0.39 is 0 Å². The van der Waals surface area contributed by atoms with Crippen LogP contribution >= 0.6 is 11.6 Å². The number of ether oxygens (including phenoxy) is 1. The van der Waals surface area contributed by atoms with Crippen LogP contribution in [0.5, 0.6) is 5.75 Å². The van der Waals surface area contributed by atoms with Crippen molar-refractivity contribution < 1.29 is 13.9 Å². The Morgan fingerprint density at radius 2 is 1.71 bits per heavy atom. The third kappa shape index (κ3) is 6.16. The molecular weight excluding hydrogens is 451 g/mol. The fourth-order valence-electron chi connectivity index (χ4n) is 4.46. The molecular formula is C28H30ClFN2O2. The van der Waals surface area contributed by atoms with Gasteiger partial charge in [-0.1, -0.05) is 54.1 Å². The summed E-state index contributed by atoms with van der Waals surface area (Å²) in [6, 6.07) is 22.5. The monoisotopic (exact) mass is 480 g/mol. The lowest BCUT2D eigenvalue weighted by Gasteiger charge is -2.44. The third-order valence-corrected chi connectivity index (χ3v) is 6.58. The minimum Gasteiger partial charge on any atom is -0.483 e. The Hall–Kier alpha value is -2.89. The van der Waals surface area contributed by atoms with Gasteiger partial charge in [-0.15, -0.1) is 0 Å². The highest BCUT2D eigenvalue weighted by Crippen LogP contribution is 2.26. The van der Waals surface area contributed by atoms with Crippen LogP contribution in [0, 0.1) is 5.82 Å². The zero-order valence-electron chi connectivity index (χ0n) is 19.6. The van der Waals surface area contributed by atoms with Crippen molar-refractivity contribution in [2.45, 2.75) is 38.9 Å². The molecule has 3 aromatic carbocycles.